The quantitative estimate of drug-likeness (QED) is 0.527. The lowest BCUT2D eigenvalue weighted by atomic mass is 10.0. The van der Waals surface area contributed by atoms with Crippen LogP contribution in [-0.2, 0) is 22.6 Å². The number of nitrogens with one attached hydrogen (secondary N) is 1. The zero-order valence-corrected chi connectivity index (χ0v) is 19.3. The van der Waals surface area contributed by atoms with Gasteiger partial charge in [0.05, 0.1) is 6.42 Å². The zero-order chi connectivity index (χ0) is 22.1. The number of amides is 2. The minimum absolute atomic E-state index is 0.0452. The lowest BCUT2D eigenvalue weighted by Crippen LogP contribution is -2.49. The highest BCUT2D eigenvalue weighted by Crippen LogP contribution is 2.18. The van der Waals surface area contributed by atoms with Crippen LogP contribution in [0.4, 0.5) is 0 Å². The molecule has 2 aromatic rings. The van der Waals surface area contributed by atoms with Crippen LogP contribution in [0.5, 0.6) is 0 Å². The molecule has 5 heteroatoms. The third-order valence-corrected chi connectivity index (χ3v) is 5.58. The van der Waals surface area contributed by atoms with Crippen molar-refractivity contribution >= 4 is 23.4 Å². The van der Waals surface area contributed by atoms with Crippen LogP contribution < -0.4 is 5.32 Å². The second-order valence-corrected chi connectivity index (χ2v) is 8.26. The Balaban J connectivity index is 2.28. The summed E-state index contributed by atoms with van der Waals surface area (Å²) < 4.78 is 0. The van der Waals surface area contributed by atoms with Crippen molar-refractivity contribution in [3.63, 3.8) is 0 Å². The van der Waals surface area contributed by atoms with Gasteiger partial charge in [-0.2, -0.15) is 0 Å². The summed E-state index contributed by atoms with van der Waals surface area (Å²) in [7, 11) is 0. The predicted molar refractivity (Wildman–Crippen MR) is 124 cm³/mol. The summed E-state index contributed by atoms with van der Waals surface area (Å²) in [4.78, 5) is 28.0. The molecule has 2 rings (SSSR count). The van der Waals surface area contributed by atoms with Crippen LogP contribution in [0.2, 0.25) is 5.02 Å². The zero-order valence-electron chi connectivity index (χ0n) is 18.5. The van der Waals surface area contributed by atoms with Crippen molar-refractivity contribution in [2.24, 2.45) is 0 Å². The van der Waals surface area contributed by atoms with Crippen molar-refractivity contribution in [3.8, 4) is 0 Å². The van der Waals surface area contributed by atoms with Gasteiger partial charge in [0.25, 0.3) is 0 Å². The minimum atomic E-state index is -0.504. The molecule has 0 fully saturated rings. The summed E-state index contributed by atoms with van der Waals surface area (Å²) in [6.45, 7) is 9.08. The molecule has 2 amide bonds. The molecule has 0 spiro atoms. The Kier molecular flexibility index (Phi) is 9.38. The fourth-order valence-electron chi connectivity index (χ4n) is 3.47. The fourth-order valence-corrected chi connectivity index (χ4v) is 3.59. The van der Waals surface area contributed by atoms with Crippen molar-refractivity contribution in [1.29, 1.82) is 0 Å². The van der Waals surface area contributed by atoms with Gasteiger partial charge in [-0.05, 0) is 55.5 Å². The summed E-state index contributed by atoms with van der Waals surface area (Å²) in [6.07, 6.45) is 2.77. The molecule has 0 aromatic heterocycles. The van der Waals surface area contributed by atoms with Crippen molar-refractivity contribution in [2.75, 3.05) is 6.54 Å². The standard InChI is InChI=1S/C25H33ClN2O2/c1-5-7-14-27-25(30)23(6-2)28(17-20-10-12-22(26)13-11-20)24(29)16-21-15-18(3)8-9-19(21)4/h8-13,15,23H,5-7,14,16-17H2,1-4H3,(H,27,30)/t23-/m1/s1. The molecule has 0 aliphatic heterocycles. The summed E-state index contributed by atoms with van der Waals surface area (Å²) >= 11 is 6.02. The average Bonchev–Trinajstić information content (AvgIpc) is 2.72. The Labute approximate surface area is 185 Å². The predicted octanol–water partition coefficient (Wildman–Crippen LogP) is 5.22. The molecule has 1 atom stereocenters. The Bertz CT molecular complexity index is 849. The number of unbranched alkanes of at least 4 members (excludes halogenated alkanes) is 1. The highest BCUT2D eigenvalue weighted by molar-refractivity contribution is 6.30. The first-order valence-electron chi connectivity index (χ1n) is 10.7. The summed E-state index contributed by atoms with van der Waals surface area (Å²) in [5.41, 5.74) is 4.16. The highest BCUT2D eigenvalue weighted by Gasteiger charge is 2.28. The Morgan fingerprint density at radius 1 is 1.07 bits per heavy atom. The van der Waals surface area contributed by atoms with Crippen LogP contribution in [0.25, 0.3) is 0 Å². The van der Waals surface area contributed by atoms with E-state index in [2.05, 4.69) is 18.3 Å². The number of hydrogen-bond acceptors (Lipinski definition) is 2. The summed E-state index contributed by atoms with van der Waals surface area (Å²) in [5.74, 6) is -0.134. The van der Waals surface area contributed by atoms with E-state index < -0.39 is 6.04 Å². The van der Waals surface area contributed by atoms with E-state index in [1.807, 2.05) is 57.2 Å². The van der Waals surface area contributed by atoms with E-state index in [1.165, 1.54) is 0 Å². The second kappa shape index (κ2) is 11.8. The first-order chi connectivity index (χ1) is 14.3. The summed E-state index contributed by atoms with van der Waals surface area (Å²) in [5, 5.41) is 3.64. The number of nitrogens with zero attached hydrogens (tertiary/aromatic N) is 1. The average molecular weight is 429 g/mol. The molecular formula is C25H33ClN2O2. The van der Waals surface area contributed by atoms with Crippen LogP contribution in [0, 0.1) is 13.8 Å². The van der Waals surface area contributed by atoms with Crippen molar-refractivity contribution in [3.05, 3.63) is 69.7 Å². The second-order valence-electron chi connectivity index (χ2n) is 7.82. The van der Waals surface area contributed by atoms with E-state index in [-0.39, 0.29) is 18.2 Å². The van der Waals surface area contributed by atoms with Crippen LogP contribution in [0.15, 0.2) is 42.5 Å². The molecule has 0 saturated heterocycles. The molecule has 0 bridgehead atoms. The number of halogens is 1. The molecule has 0 saturated carbocycles. The number of rotatable bonds is 10. The van der Waals surface area contributed by atoms with Gasteiger partial charge in [-0.15, -0.1) is 0 Å². The van der Waals surface area contributed by atoms with E-state index >= 15 is 0 Å². The SMILES string of the molecule is CCCCNC(=O)[C@@H](CC)N(Cc1ccc(Cl)cc1)C(=O)Cc1cc(C)ccc1C. The Morgan fingerprint density at radius 2 is 1.77 bits per heavy atom. The number of benzene rings is 2. The van der Waals surface area contributed by atoms with Crippen LogP contribution >= 0.6 is 11.6 Å². The van der Waals surface area contributed by atoms with E-state index in [9.17, 15) is 9.59 Å². The topological polar surface area (TPSA) is 49.4 Å². The maximum atomic E-state index is 13.4. The molecule has 0 aliphatic rings. The molecular weight excluding hydrogens is 396 g/mol. The van der Waals surface area contributed by atoms with Gasteiger partial charge >= 0.3 is 0 Å². The molecule has 1 N–H and O–H groups in total. The monoisotopic (exact) mass is 428 g/mol. The van der Waals surface area contributed by atoms with Crippen molar-refractivity contribution in [2.45, 2.75) is 66.0 Å². The molecule has 4 nitrogen and oxygen atoms in total. The molecule has 162 valence electrons. The molecule has 0 heterocycles. The van der Waals surface area contributed by atoms with Crippen LogP contribution in [-0.4, -0.2) is 29.3 Å². The van der Waals surface area contributed by atoms with Gasteiger partial charge in [-0.25, -0.2) is 0 Å². The number of carbonyl (C=O) groups is 2. The molecule has 0 unspecified atom stereocenters. The number of carbonyl (C=O) groups excluding carboxylic acids is 2. The maximum absolute atomic E-state index is 13.4. The largest absolute Gasteiger partial charge is 0.354 e. The molecule has 30 heavy (non-hydrogen) atoms. The lowest BCUT2D eigenvalue weighted by molar-refractivity contribution is -0.140. The first kappa shape index (κ1) is 23.9. The van der Waals surface area contributed by atoms with Gasteiger partial charge in [-0.3, -0.25) is 9.59 Å². The van der Waals surface area contributed by atoms with Gasteiger partial charge < -0.3 is 10.2 Å². The first-order valence-corrected chi connectivity index (χ1v) is 11.1. The van der Waals surface area contributed by atoms with Gasteiger partial charge in [0.15, 0.2) is 0 Å². The van der Waals surface area contributed by atoms with E-state index in [1.54, 1.807) is 4.90 Å². The van der Waals surface area contributed by atoms with Crippen molar-refractivity contribution in [1.82, 2.24) is 10.2 Å². The van der Waals surface area contributed by atoms with Crippen LogP contribution in [0.3, 0.4) is 0 Å². The third kappa shape index (κ3) is 6.88. The smallest absolute Gasteiger partial charge is 0.242 e. The number of hydrogen-bond donors (Lipinski definition) is 1. The highest BCUT2D eigenvalue weighted by atomic mass is 35.5. The van der Waals surface area contributed by atoms with Gasteiger partial charge in [0.2, 0.25) is 11.8 Å². The fraction of sp³-hybridized carbons (Fsp3) is 0.440. The Hall–Kier alpha value is -2.33. The normalized spacial score (nSPS) is 11.8. The van der Waals surface area contributed by atoms with E-state index in [0.717, 1.165) is 35.1 Å². The molecule has 0 radical (unpaired) electrons. The van der Waals surface area contributed by atoms with E-state index in [0.29, 0.717) is 24.5 Å². The third-order valence-electron chi connectivity index (χ3n) is 5.33. The van der Waals surface area contributed by atoms with Crippen LogP contribution in [0.1, 0.15) is 55.4 Å². The molecule has 0 aliphatic carbocycles. The Morgan fingerprint density at radius 3 is 2.40 bits per heavy atom. The van der Waals surface area contributed by atoms with Gasteiger partial charge in [0, 0.05) is 18.1 Å². The maximum Gasteiger partial charge on any atom is 0.242 e. The van der Waals surface area contributed by atoms with Gasteiger partial charge in [-0.1, -0.05) is 67.8 Å². The van der Waals surface area contributed by atoms with Gasteiger partial charge in [0.1, 0.15) is 6.04 Å². The summed E-state index contributed by atoms with van der Waals surface area (Å²) in [6, 6.07) is 13.1. The van der Waals surface area contributed by atoms with Crippen molar-refractivity contribution < 1.29 is 9.59 Å². The van der Waals surface area contributed by atoms with E-state index in [4.69, 9.17) is 11.6 Å². The lowest BCUT2D eigenvalue weighted by Gasteiger charge is -2.31. The minimum Gasteiger partial charge on any atom is -0.354 e. The number of aryl methyl sites for hydroxylation is 2. The molecule has 2 aromatic carbocycles.